The lowest BCUT2D eigenvalue weighted by Crippen LogP contribution is -2.47. The minimum absolute atomic E-state index is 0.0996. The average molecular weight is 346 g/mol. The van der Waals surface area contributed by atoms with Gasteiger partial charge in [-0.15, -0.1) is 0 Å². The van der Waals surface area contributed by atoms with E-state index in [1.165, 1.54) is 5.56 Å². The van der Waals surface area contributed by atoms with Crippen molar-refractivity contribution in [2.24, 2.45) is 0 Å². The second-order valence-corrected chi connectivity index (χ2v) is 6.29. The van der Waals surface area contributed by atoms with E-state index in [2.05, 4.69) is 22.3 Å². The SMILES string of the molecule is O=C(N[C@H]1CCCN(Cc2ccccc2)C1)c1ccc(F)c(F)c1O. The smallest absolute Gasteiger partial charge is 0.255 e. The van der Waals surface area contributed by atoms with Crippen molar-refractivity contribution in [2.45, 2.75) is 25.4 Å². The van der Waals surface area contributed by atoms with Gasteiger partial charge in [-0.1, -0.05) is 30.3 Å². The summed E-state index contributed by atoms with van der Waals surface area (Å²) >= 11 is 0. The van der Waals surface area contributed by atoms with Crippen molar-refractivity contribution in [3.05, 3.63) is 65.2 Å². The molecule has 1 aliphatic heterocycles. The zero-order valence-electron chi connectivity index (χ0n) is 13.7. The van der Waals surface area contributed by atoms with Gasteiger partial charge in [0.25, 0.3) is 5.91 Å². The van der Waals surface area contributed by atoms with Crippen LogP contribution in [-0.4, -0.2) is 35.0 Å². The number of nitrogens with zero attached hydrogens (tertiary/aromatic N) is 1. The van der Waals surface area contributed by atoms with Gasteiger partial charge in [0.2, 0.25) is 5.82 Å². The van der Waals surface area contributed by atoms with E-state index in [1.54, 1.807) is 0 Å². The fourth-order valence-corrected chi connectivity index (χ4v) is 3.14. The number of hydrogen-bond acceptors (Lipinski definition) is 3. The van der Waals surface area contributed by atoms with Gasteiger partial charge in [-0.25, -0.2) is 4.39 Å². The maximum absolute atomic E-state index is 13.4. The molecule has 1 amide bonds. The second-order valence-electron chi connectivity index (χ2n) is 6.29. The highest BCUT2D eigenvalue weighted by Gasteiger charge is 2.24. The molecule has 6 heteroatoms. The molecule has 0 bridgehead atoms. The molecular weight excluding hydrogens is 326 g/mol. The number of aromatic hydroxyl groups is 1. The first kappa shape index (κ1) is 17.4. The summed E-state index contributed by atoms with van der Waals surface area (Å²) in [4.78, 5) is 14.5. The summed E-state index contributed by atoms with van der Waals surface area (Å²) in [7, 11) is 0. The highest BCUT2D eigenvalue weighted by Crippen LogP contribution is 2.24. The number of carbonyl (C=O) groups excluding carboxylic acids is 1. The summed E-state index contributed by atoms with van der Waals surface area (Å²) in [6.07, 6.45) is 1.74. The number of likely N-dealkylation sites (tertiary alicyclic amines) is 1. The van der Waals surface area contributed by atoms with Crippen molar-refractivity contribution < 1.29 is 18.7 Å². The first-order chi connectivity index (χ1) is 12.0. The van der Waals surface area contributed by atoms with Crippen LogP contribution in [0.15, 0.2) is 42.5 Å². The Morgan fingerprint density at radius 2 is 1.96 bits per heavy atom. The lowest BCUT2D eigenvalue weighted by molar-refractivity contribution is 0.0897. The van der Waals surface area contributed by atoms with Crippen molar-refractivity contribution in [3.8, 4) is 5.75 Å². The summed E-state index contributed by atoms with van der Waals surface area (Å²) < 4.78 is 26.5. The van der Waals surface area contributed by atoms with E-state index in [0.29, 0.717) is 6.54 Å². The number of phenolic OH excluding ortho intramolecular Hbond substituents is 1. The Morgan fingerprint density at radius 3 is 2.72 bits per heavy atom. The summed E-state index contributed by atoms with van der Waals surface area (Å²) in [6, 6.07) is 11.9. The molecule has 2 N–H and O–H groups in total. The molecule has 4 nitrogen and oxygen atoms in total. The van der Waals surface area contributed by atoms with Crippen LogP contribution in [0.4, 0.5) is 8.78 Å². The quantitative estimate of drug-likeness (QED) is 0.895. The van der Waals surface area contributed by atoms with Crippen molar-refractivity contribution in [3.63, 3.8) is 0 Å². The molecule has 0 aliphatic carbocycles. The predicted octanol–water partition coefficient (Wildman–Crippen LogP) is 3.06. The third kappa shape index (κ3) is 4.14. The maximum atomic E-state index is 13.4. The number of piperidine rings is 1. The van der Waals surface area contributed by atoms with Crippen LogP contribution in [0.25, 0.3) is 0 Å². The van der Waals surface area contributed by atoms with Crippen LogP contribution in [0.1, 0.15) is 28.8 Å². The van der Waals surface area contributed by atoms with Gasteiger partial charge in [-0.3, -0.25) is 9.69 Å². The van der Waals surface area contributed by atoms with Gasteiger partial charge < -0.3 is 10.4 Å². The highest BCUT2D eigenvalue weighted by molar-refractivity contribution is 5.97. The Hall–Kier alpha value is -2.47. The Bertz CT molecular complexity index is 753. The summed E-state index contributed by atoms with van der Waals surface area (Å²) in [6.45, 7) is 2.41. The van der Waals surface area contributed by atoms with Crippen LogP contribution >= 0.6 is 0 Å². The standard InChI is InChI=1S/C19H20F2N2O2/c20-16-9-8-15(18(24)17(16)21)19(25)22-14-7-4-10-23(12-14)11-13-5-2-1-3-6-13/h1-3,5-6,8-9,14,24H,4,7,10-12H2,(H,22,25)/t14-/m0/s1. The highest BCUT2D eigenvalue weighted by atomic mass is 19.2. The van der Waals surface area contributed by atoms with Crippen LogP contribution in [0.3, 0.4) is 0 Å². The van der Waals surface area contributed by atoms with E-state index in [1.807, 2.05) is 18.2 Å². The van der Waals surface area contributed by atoms with Gasteiger partial charge in [-0.05, 0) is 37.1 Å². The molecule has 3 rings (SSSR count). The Labute approximate surface area is 145 Å². The molecule has 1 aliphatic rings. The third-order valence-corrected chi connectivity index (χ3v) is 4.40. The summed E-state index contributed by atoms with van der Waals surface area (Å²) in [5, 5.41) is 12.4. The second kappa shape index (κ2) is 7.61. The van der Waals surface area contributed by atoms with Gasteiger partial charge in [0.1, 0.15) is 0 Å². The number of amides is 1. The largest absolute Gasteiger partial charge is 0.504 e. The molecule has 1 fully saturated rings. The van der Waals surface area contributed by atoms with E-state index < -0.39 is 23.3 Å². The molecule has 0 unspecified atom stereocenters. The number of rotatable bonds is 4. The van der Waals surface area contributed by atoms with Crippen LogP contribution in [-0.2, 0) is 6.54 Å². The van der Waals surface area contributed by atoms with E-state index in [9.17, 15) is 18.7 Å². The number of hydrogen-bond donors (Lipinski definition) is 2. The molecule has 0 saturated carbocycles. The molecular formula is C19H20F2N2O2. The van der Waals surface area contributed by atoms with Crippen molar-refractivity contribution in [2.75, 3.05) is 13.1 Å². The van der Waals surface area contributed by atoms with Crippen LogP contribution in [0.2, 0.25) is 0 Å². The molecule has 0 spiro atoms. The van der Waals surface area contributed by atoms with E-state index in [4.69, 9.17) is 0 Å². The predicted molar refractivity (Wildman–Crippen MR) is 90.2 cm³/mol. The minimum atomic E-state index is -1.40. The minimum Gasteiger partial charge on any atom is -0.504 e. The van der Waals surface area contributed by atoms with Gasteiger partial charge >= 0.3 is 0 Å². The number of carbonyl (C=O) groups is 1. The van der Waals surface area contributed by atoms with Gasteiger partial charge in [0.15, 0.2) is 11.6 Å². The molecule has 1 saturated heterocycles. The van der Waals surface area contributed by atoms with Gasteiger partial charge in [-0.2, -0.15) is 4.39 Å². The van der Waals surface area contributed by atoms with Crippen molar-refractivity contribution in [1.29, 1.82) is 0 Å². The fraction of sp³-hybridized carbons (Fsp3) is 0.316. The zero-order chi connectivity index (χ0) is 17.8. The summed E-state index contributed by atoms with van der Waals surface area (Å²) in [5.41, 5.74) is 0.951. The molecule has 0 aromatic heterocycles. The van der Waals surface area contributed by atoms with Crippen LogP contribution in [0, 0.1) is 11.6 Å². The Morgan fingerprint density at radius 1 is 1.20 bits per heavy atom. The molecule has 2 aromatic carbocycles. The van der Waals surface area contributed by atoms with Crippen LogP contribution in [0.5, 0.6) is 5.75 Å². The summed E-state index contributed by atoms with van der Waals surface area (Å²) in [5.74, 6) is -4.12. The number of nitrogens with one attached hydrogen (secondary N) is 1. The normalized spacial score (nSPS) is 18.1. The monoisotopic (exact) mass is 346 g/mol. The Balaban J connectivity index is 1.62. The van der Waals surface area contributed by atoms with Crippen molar-refractivity contribution in [1.82, 2.24) is 10.2 Å². The lowest BCUT2D eigenvalue weighted by Gasteiger charge is -2.33. The van der Waals surface area contributed by atoms with E-state index >= 15 is 0 Å². The third-order valence-electron chi connectivity index (χ3n) is 4.40. The lowest BCUT2D eigenvalue weighted by atomic mass is 10.0. The van der Waals surface area contributed by atoms with Crippen molar-refractivity contribution >= 4 is 5.91 Å². The molecule has 1 atom stereocenters. The van der Waals surface area contributed by atoms with E-state index in [0.717, 1.165) is 38.1 Å². The molecule has 1 heterocycles. The first-order valence-corrected chi connectivity index (χ1v) is 8.28. The average Bonchev–Trinajstić information content (AvgIpc) is 2.61. The van der Waals surface area contributed by atoms with Gasteiger partial charge in [0.05, 0.1) is 5.56 Å². The number of halogens is 2. The Kier molecular flexibility index (Phi) is 5.28. The van der Waals surface area contributed by atoms with Crippen LogP contribution < -0.4 is 5.32 Å². The number of phenols is 1. The zero-order valence-corrected chi connectivity index (χ0v) is 13.7. The number of benzene rings is 2. The first-order valence-electron chi connectivity index (χ1n) is 8.28. The fourth-order valence-electron chi connectivity index (χ4n) is 3.14. The van der Waals surface area contributed by atoms with Gasteiger partial charge in [0, 0.05) is 19.1 Å². The molecule has 25 heavy (non-hydrogen) atoms. The van der Waals surface area contributed by atoms with E-state index in [-0.39, 0.29) is 11.6 Å². The molecule has 2 aromatic rings. The topological polar surface area (TPSA) is 52.6 Å². The molecule has 0 radical (unpaired) electrons. The molecule has 132 valence electrons. The maximum Gasteiger partial charge on any atom is 0.255 e.